The fraction of sp³-hybridized carbons (Fsp3) is 0.211. The highest BCUT2D eigenvalue weighted by molar-refractivity contribution is 6.00. The summed E-state index contributed by atoms with van der Waals surface area (Å²) in [6.45, 7) is 5.34. The number of primary amides is 1. The normalized spacial score (nSPS) is 11.3. The van der Waals surface area contributed by atoms with Crippen LogP contribution in [0.25, 0.3) is 0 Å². The number of hydrogen-bond donors (Lipinski definition) is 3. The summed E-state index contributed by atoms with van der Waals surface area (Å²) in [6, 6.07) is 11.6. The van der Waals surface area contributed by atoms with Gasteiger partial charge in [0.25, 0.3) is 5.91 Å². The zero-order valence-electron chi connectivity index (χ0n) is 14.8. The molecule has 26 heavy (non-hydrogen) atoms. The van der Waals surface area contributed by atoms with Gasteiger partial charge in [-0.1, -0.05) is 24.3 Å². The molecule has 0 saturated heterocycles. The molecule has 0 radical (unpaired) electrons. The van der Waals surface area contributed by atoms with Crippen LogP contribution in [-0.4, -0.2) is 24.0 Å². The average molecular weight is 355 g/mol. The van der Waals surface area contributed by atoms with Crippen molar-refractivity contribution in [2.45, 2.75) is 26.9 Å². The largest absolute Gasteiger partial charge is 0.449 e. The van der Waals surface area contributed by atoms with Gasteiger partial charge in [0.1, 0.15) is 0 Å². The summed E-state index contributed by atoms with van der Waals surface area (Å²) in [7, 11) is 0. The van der Waals surface area contributed by atoms with E-state index in [-0.39, 0.29) is 5.56 Å². The third kappa shape index (κ3) is 4.60. The van der Waals surface area contributed by atoms with Crippen LogP contribution in [0, 0.1) is 13.8 Å². The van der Waals surface area contributed by atoms with Crippen molar-refractivity contribution in [2.75, 3.05) is 5.32 Å². The van der Waals surface area contributed by atoms with E-state index in [0.29, 0.717) is 5.69 Å². The Hall–Kier alpha value is -3.35. The second-order valence-corrected chi connectivity index (χ2v) is 5.82. The topological polar surface area (TPSA) is 111 Å². The predicted molar refractivity (Wildman–Crippen MR) is 98.2 cm³/mol. The Morgan fingerprint density at radius 3 is 2.35 bits per heavy atom. The van der Waals surface area contributed by atoms with Crippen LogP contribution in [0.3, 0.4) is 0 Å². The van der Waals surface area contributed by atoms with Gasteiger partial charge in [0.05, 0.1) is 11.3 Å². The lowest BCUT2D eigenvalue weighted by Gasteiger charge is -2.16. The fourth-order valence-electron chi connectivity index (χ4n) is 2.30. The van der Waals surface area contributed by atoms with Crippen molar-refractivity contribution in [3.05, 3.63) is 59.2 Å². The molecule has 2 aromatic carbocycles. The van der Waals surface area contributed by atoms with Gasteiger partial charge in [-0.3, -0.25) is 10.1 Å². The van der Waals surface area contributed by atoms with Crippen molar-refractivity contribution in [2.24, 2.45) is 5.73 Å². The molecule has 0 bridgehead atoms. The number of rotatable bonds is 5. The van der Waals surface area contributed by atoms with Crippen LogP contribution in [0.2, 0.25) is 0 Å². The van der Waals surface area contributed by atoms with Gasteiger partial charge in [0.15, 0.2) is 6.10 Å². The van der Waals surface area contributed by atoms with Crippen molar-refractivity contribution >= 4 is 29.3 Å². The number of anilines is 2. The standard InChI is InChI=1S/C19H21N3O4/c1-11-7-6-10-15(12(11)2)21-16-9-5-4-8-14(16)18(24)26-13(3)17(23)22-19(20)25/h4-10,13,21H,1-3H3,(H3,20,22,23,25)/t13-/m1/s1. The second kappa shape index (κ2) is 8.15. The monoisotopic (exact) mass is 355 g/mol. The molecule has 136 valence electrons. The summed E-state index contributed by atoms with van der Waals surface area (Å²) < 4.78 is 5.13. The Morgan fingerprint density at radius 2 is 1.65 bits per heavy atom. The summed E-state index contributed by atoms with van der Waals surface area (Å²) in [6.07, 6.45) is -1.16. The molecule has 2 rings (SSSR count). The van der Waals surface area contributed by atoms with Crippen LogP contribution in [-0.2, 0) is 9.53 Å². The molecule has 0 saturated carbocycles. The summed E-state index contributed by atoms with van der Waals surface area (Å²) in [5.41, 5.74) is 8.75. The molecule has 0 spiro atoms. The second-order valence-electron chi connectivity index (χ2n) is 5.82. The number of benzene rings is 2. The highest BCUT2D eigenvalue weighted by atomic mass is 16.5. The Balaban J connectivity index is 2.20. The number of amides is 3. The SMILES string of the molecule is Cc1cccc(Nc2ccccc2C(=O)O[C@H](C)C(=O)NC(N)=O)c1C. The predicted octanol–water partition coefficient (Wildman–Crippen LogP) is 2.79. The van der Waals surface area contributed by atoms with E-state index in [4.69, 9.17) is 10.5 Å². The van der Waals surface area contributed by atoms with Crippen LogP contribution < -0.4 is 16.4 Å². The number of nitrogens with one attached hydrogen (secondary N) is 2. The highest BCUT2D eigenvalue weighted by Gasteiger charge is 2.21. The lowest BCUT2D eigenvalue weighted by molar-refractivity contribution is -0.127. The number of nitrogens with two attached hydrogens (primary N) is 1. The van der Waals surface area contributed by atoms with Crippen molar-refractivity contribution in [3.63, 3.8) is 0 Å². The minimum atomic E-state index is -1.16. The molecule has 2 aromatic rings. The van der Waals surface area contributed by atoms with Gasteiger partial charge in [-0.15, -0.1) is 0 Å². The maximum atomic E-state index is 12.4. The van der Waals surface area contributed by atoms with Gasteiger partial charge in [-0.05, 0) is 50.1 Å². The van der Waals surface area contributed by atoms with Crippen LogP contribution in [0.1, 0.15) is 28.4 Å². The number of esters is 1. The van der Waals surface area contributed by atoms with E-state index in [1.807, 2.05) is 37.4 Å². The van der Waals surface area contributed by atoms with Crippen LogP contribution in [0.4, 0.5) is 16.2 Å². The van der Waals surface area contributed by atoms with Gasteiger partial charge in [-0.25, -0.2) is 9.59 Å². The Morgan fingerprint density at radius 1 is 1.00 bits per heavy atom. The lowest BCUT2D eigenvalue weighted by Crippen LogP contribution is -2.42. The molecule has 0 aliphatic rings. The zero-order valence-corrected chi connectivity index (χ0v) is 14.8. The van der Waals surface area contributed by atoms with E-state index in [2.05, 4.69) is 5.32 Å². The maximum Gasteiger partial charge on any atom is 0.341 e. The third-order valence-electron chi connectivity index (χ3n) is 3.92. The first-order valence-electron chi connectivity index (χ1n) is 8.03. The number of hydrogen-bond acceptors (Lipinski definition) is 5. The number of para-hydroxylation sites is 1. The summed E-state index contributed by atoms with van der Waals surface area (Å²) in [5.74, 6) is -1.48. The Kier molecular flexibility index (Phi) is 5.95. The van der Waals surface area contributed by atoms with Crippen LogP contribution in [0.15, 0.2) is 42.5 Å². The molecule has 0 unspecified atom stereocenters. The number of carbonyl (C=O) groups excluding carboxylic acids is 3. The minimum Gasteiger partial charge on any atom is -0.449 e. The van der Waals surface area contributed by atoms with Crippen molar-refractivity contribution in [1.82, 2.24) is 5.32 Å². The molecule has 0 aromatic heterocycles. The average Bonchev–Trinajstić information content (AvgIpc) is 2.58. The van der Waals surface area contributed by atoms with E-state index in [9.17, 15) is 14.4 Å². The molecule has 3 amide bonds. The zero-order chi connectivity index (χ0) is 19.3. The smallest absolute Gasteiger partial charge is 0.341 e. The third-order valence-corrected chi connectivity index (χ3v) is 3.92. The number of carbonyl (C=O) groups is 3. The van der Waals surface area contributed by atoms with Crippen LogP contribution >= 0.6 is 0 Å². The van der Waals surface area contributed by atoms with Crippen molar-refractivity contribution in [3.8, 4) is 0 Å². The summed E-state index contributed by atoms with van der Waals surface area (Å²) in [5, 5.41) is 5.10. The molecule has 0 heterocycles. The first-order valence-corrected chi connectivity index (χ1v) is 8.03. The van der Waals surface area contributed by atoms with E-state index in [1.165, 1.54) is 6.92 Å². The number of imide groups is 1. The Labute approximate surface area is 151 Å². The summed E-state index contributed by atoms with van der Waals surface area (Å²) >= 11 is 0. The molecule has 0 fully saturated rings. The summed E-state index contributed by atoms with van der Waals surface area (Å²) in [4.78, 5) is 34.8. The molecule has 0 aliphatic heterocycles. The van der Waals surface area contributed by atoms with Gasteiger partial charge < -0.3 is 15.8 Å². The minimum absolute atomic E-state index is 0.270. The van der Waals surface area contributed by atoms with Gasteiger partial charge in [0, 0.05) is 5.69 Å². The number of aryl methyl sites for hydroxylation is 1. The van der Waals surface area contributed by atoms with Crippen molar-refractivity contribution < 1.29 is 19.1 Å². The van der Waals surface area contributed by atoms with E-state index in [1.54, 1.807) is 24.3 Å². The van der Waals surface area contributed by atoms with Gasteiger partial charge in [0.2, 0.25) is 0 Å². The number of urea groups is 1. The molecular weight excluding hydrogens is 334 g/mol. The highest BCUT2D eigenvalue weighted by Crippen LogP contribution is 2.25. The molecule has 1 atom stereocenters. The van der Waals surface area contributed by atoms with E-state index >= 15 is 0 Å². The van der Waals surface area contributed by atoms with Gasteiger partial charge in [-0.2, -0.15) is 0 Å². The molecular formula is C19H21N3O4. The van der Waals surface area contributed by atoms with E-state index in [0.717, 1.165) is 16.8 Å². The first kappa shape index (κ1) is 19.0. The molecule has 7 nitrogen and oxygen atoms in total. The number of ether oxygens (including phenoxy) is 1. The van der Waals surface area contributed by atoms with Crippen LogP contribution in [0.5, 0.6) is 0 Å². The molecule has 4 N–H and O–H groups in total. The van der Waals surface area contributed by atoms with Crippen molar-refractivity contribution in [1.29, 1.82) is 0 Å². The van der Waals surface area contributed by atoms with Gasteiger partial charge >= 0.3 is 12.0 Å². The lowest BCUT2D eigenvalue weighted by atomic mass is 10.1. The molecule has 7 heteroatoms. The maximum absolute atomic E-state index is 12.4. The first-order chi connectivity index (χ1) is 12.3. The van der Waals surface area contributed by atoms with E-state index < -0.39 is 24.0 Å². The Bertz CT molecular complexity index is 848. The fourth-order valence-corrected chi connectivity index (χ4v) is 2.30. The quantitative estimate of drug-likeness (QED) is 0.714. The molecule has 0 aliphatic carbocycles.